The van der Waals surface area contributed by atoms with Crippen molar-refractivity contribution >= 4 is 27.4 Å². The van der Waals surface area contributed by atoms with Gasteiger partial charge in [0.05, 0.1) is 25.1 Å². The molecule has 2 aliphatic rings. The molecule has 2 saturated heterocycles. The smallest absolute Gasteiger partial charge is 0.146 e. The average Bonchev–Trinajstić information content (AvgIpc) is 2.90. The standard InChI is InChI=1S/C18H27N5OS/c1-13-14(2)25-18-16(13)17(23-6-4-21(3)5-7-23)19-15(20-18)12-22-8-10-24-11-9-22/h4-12H2,1-3H3. The molecule has 2 aromatic heterocycles. The molecule has 0 spiro atoms. The number of anilines is 1. The van der Waals surface area contributed by atoms with Gasteiger partial charge in [-0.3, -0.25) is 4.90 Å². The molecular weight excluding hydrogens is 334 g/mol. The van der Waals surface area contributed by atoms with E-state index >= 15 is 0 Å². The lowest BCUT2D eigenvalue weighted by molar-refractivity contribution is 0.0331. The maximum absolute atomic E-state index is 5.46. The Morgan fingerprint density at radius 3 is 2.44 bits per heavy atom. The first-order chi connectivity index (χ1) is 12.1. The third-order valence-electron chi connectivity index (χ3n) is 5.33. The van der Waals surface area contributed by atoms with Gasteiger partial charge in [0.15, 0.2) is 0 Å². The highest BCUT2D eigenvalue weighted by atomic mass is 32.1. The molecule has 0 bridgehead atoms. The van der Waals surface area contributed by atoms with Crippen LogP contribution in [-0.2, 0) is 11.3 Å². The zero-order valence-corrected chi connectivity index (χ0v) is 16.2. The van der Waals surface area contributed by atoms with E-state index < -0.39 is 0 Å². The lowest BCUT2D eigenvalue weighted by atomic mass is 10.2. The third kappa shape index (κ3) is 3.51. The van der Waals surface area contributed by atoms with Gasteiger partial charge >= 0.3 is 0 Å². The van der Waals surface area contributed by atoms with Crippen LogP contribution in [0.25, 0.3) is 10.2 Å². The summed E-state index contributed by atoms with van der Waals surface area (Å²) >= 11 is 1.80. The predicted octanol–water partition coefficient (Wildman–Crippen LogP) is 1.89. The summed E-state index contributed by atoms with van der Waals surface area (Å²) in [6.07, 6.45) is 0. The van der Waals surface area contributed by atoms with Gasteiger partial charge in [-0.2, -0.15) is 0 Å². The predicted molar refractivity (Wildman–Crippen MR) is 103 cm³/mol. The zero-order valence-electron chi connectivity index (χ0n) is 15.4. The summed E-state index contributed by atoms with van der Waals surface area (Å²) in [6.45, 7) is 13.0. The van der Waals surface area contributed by atoms with Crippen molar-refractivity contribution in [3.63, 3.8) is 0 Å². The van der Waals surface area contributed by atoms with Gasteiger partial charge in [0.2, 0.25) is 0 Å². The maximum atomic E-state index is 5.46. The average molecular weight is 362 g/mol. The Morgan fingerprint density at radius 1 is 1.00 bits per heavy atom. The minimum Gasteiger partial charge on any atom is -0.379 e. The van der Waals surface area contributed by atoms with Crippen molar-refractivity contribution < 1.29 is 4.74 Å². The second-order valence-corrected chi connectivity index (χ2v) is 8.31. The van der Waals surface area contributed by atoms with Crippen molar-refractivity contribution in [3.8, 4) is 0 Å². The number of aromatic nitrogens is 2. The third-order valence-corrected chi connectivity index (χ3v) is 6.43. The summed E-state index contributed by atoms with van der Waals surface area (Å²) < 4.78 is 5.46. The quantitative estimate of drug-likeness (QED) is 0.832. The number of aryl methyl sites for hydroxylation is 2. The largest absolute Gasteiger partial charge is 0.379 e. The van der Waals surface area contributed by atoms with E-state index in [1.165, 1.54) is 15.8 Å². The summed E-state index contributed by atoms with van der Waals surface area (Å²) in [6, 6.07) is 0. The summed E-state index contributed by atoms with van der Waals surface area (Å²) in [5, 5.41) is 1.26. The van der Waals surface area contributed by atoms with Crippen molar-refractivity contribution in [3.05, 3.63) is 16.3 Å². The van der Waals surface area contributed by atoms with Crippen LogP contribution in [0.2, 0.25) is 0 Å². The van der Waals surface area contributed by atoms with Gasteiger partial charge in [-0.25, -0.2) is 9.97 Å². The molecule has 4 heterocycles. The minimum atomic E-state index is 0.810. The molecule has 0 aromatic carbocycles. The number of piperazine rings is 1. The molecule has 2 aliphatic heterocycles. The van der Waals surface area contributed by atoms with Crippen molar-refractivity contribution in [1.29, 1.82) is 0 Å². The van der Waals surface area contributed by atoms with Crippen LogP contribution in [0.3, 0.4) is 0 Å². The summed E-state index contributed by atoms with van der Waals surface area (Å²) in [5.41, 5.74) is 1.34. The van der Waals surface area contributed by atoms with Crippen molar-refractivity contribution in [2.24, 2.45) is 0 Å². The van der Waals surface area contributed by atoms with Crippen LogP contribution < -0.4 is 4.90 Å². The number of morpholine rings is 1. The Hall–Kier alpha value is -1.28. The first-order valence-electron chi connectivity index (χ1n) is 9.12. The topological polar surface area (TPSA) is 44.7 Å². The van der Waals surface area contributed by atoms with E-state index in [0.29, 0.717) is 0 Å². The Bertz CT molecular complexity index is 747. The number of ether oxygens (including phenoxy) is 1. The van der Waals surface area contributed by atoms with Crippen LogP contribution in [0.15, 0.2) is 0 Å². The summed E-state index contributed by atoms with van der Waals surface area (Å²) in [4.78, 5) is 19.7. The number of nitrogens with zero attached hydrogens (tertiary/aromatic N) is 5. The Labute approximate surface area is 153 Å². The highest BCUT2D eigenvalue weighted by Crippen LogP contribution is 2.35. The van der Waals surface area contributed by atoms with Crippen LogP contribution in [0.4, 0.5) is 5.82 Å². The molecule has 0 amide bonds. The van der Waals surface area contributed by atoms with E-state index in [1.807, 2.05) is 0 Å². The molecule has 2 fully saturated rings. The molecule has 2 aromatic rings. The molecule has 0 N–H and O–H groups in total. The van der Waals surface area contributed by atoms with Crippen molar-refractivity contribution in [1.82, 2.24) is 19.8 Å². The normalized spacial score (nSPS) is 20.5. The first-order valence-corrected chi connectivity index (χ1v) is 9.93. The summed E-state index contributed by atoms with van der Waals surface area (Å²) in [7, 11) is 2.19. The van der Waals surface area contributed by atoms with Gasteiger partial charge < -0.3 is 14.5 Å². The maximum Gasteiger partial charge on any atom is 0.146 e. The van der Waals surface area contributed by atoms with Gasteiger partial charge in [0.1, 0.15) is 16.5 Å². The van der Waals surface area contributed by atoms with Crippen LogP contribution >= 0.6 is 11.3 Å². The summed E-state index contributed by atoms with van der Waals surface area (Å²) in [5.74, 6) is 2.09. The van der Waals surface area contributed by atoms with Gasteiger partial charge in [-0.15, -0.1) is 11.3 Å². The molecule has 0 unspecified atom stereocenters. The SMILES string of the molecule is Cc1sc2nc(CN3CCOCC3)nc(N3CCN(C)CC3)c2c1C. The second-order valence-electron chi connectivity index (χ2n) is 7.11. The molecule has 7 heteroatoms. The van der Waals surface area contributed by atoms with Crippen LogP contribution in [0.1, 0.15) is 16.3 Å². The van der Waals surface area contributed by atoms with E-state index in [9.17, 15) is 0 Å². The molecule has 0 atom stereocenters. The molecule has 4 rings (SSSR count). The fourth-order valence-electron chi connectivity index (χ4n) is 3.55. The number of thiophene rings is 1. The fraction of sp³-hybridized carbons (Fsp3) is 0.667. The number of likely N-dealkylation sites (N-methyl/N-ethyl adjacent to an activating group) is 1. The van der Waals surface area contributed by atoms with Gasteiger partial charge in [-0.05, 0) is 26.5 Å². The van der Waals surface area contributed by atoms with E-state index in [2.05, 4.69) is 35.6 Å². The number of hydrogen-bond acceptors (Lipinski definition) is 7. The molecule has 0 radical (unpaired) electrons. The highest BCUT2D eigenvalue weighted by Gasteiger charge is 2.23. The zero-order chi connectivity index (χ0) is 17.4. The van der Waals surface area contributed by atoms with Crippen molar-refractivity contribution in [2.75, 3.05) is 64.4 Å². The lowest BCUT2D eigenvalue weighted by Crippen LogP contribution is -2.45. The van der Waals surface area contributed by atoms with E-state index in [-0.39, 0.29) is 0 Å². The molecule has 0 aliphatic carbocycles. The van der Waals surface area contributed by atoms with Gasteiger partial charge in [-0.1, -0.05) is 0 Å². The molecular formula is C18H27N5OS. The first kappa shape index (κ1) is 17.1. The van der Waals surface area contributed by atoms with Crippen LogP contribution in [0, 0.1) is 13.8 Å². The number of hydrogen-bond donors (Lipinski definition) is 0. The molecule has 136 valence electrons. The monoisotopic (exact) mass is 361 g/mol. The Morgan fingerprint density at radius 2 is 1.72 bits per heavy atom. The van der Waals surface area contributed by atoms with Crippen LogP contribution in [-0.4, -0.2) is 79.3 Å². The number of rotatable bonds is 3. The van der Waals surface area contributed by atoms with Gasteiger partial charge in [0.25, 0.3) is 0 Å². The van der Waals surface area contributed by atoms with E-state index in [0.717, 1.165) is 75.5 Å². The molecule has 0 saturated carbocycles. The van der Waals surface area contributed by atoms with Crippen molar-refractivity contribution in [2.45, 2.75) is 20.4 Å². The van der Waals surface area contributed by atoms with E-state index in [1.54, 1.807) is 11.3 Å². The van der Waals surface area contributed by atoms with Gasteiger partial charge in [0, 0.05) is 44.1 Å². The fourth-order valence-corrected chi connectivity index (χ4v) is 4.59. The lowest BCUT2D eigenvalue weighted by Gasteiger charge is -2.34. The Kier molecular flexibility index (Phi) is 4.90. The van der Waals surface area contributed by atoms with E-state index in [4.69, 9.17) is 14.7 Å². The molecule has 6 nitrogen and oxygen atoms in total. The highest BCUT2D eigenvalue weighted by molar-refractivity contribution is 7.18. The molecule has 25 heavy (non-hydrogen) atoms. The Balaban J connectivity index is 1.70. The number of fused-ring (bicyclic) bond motifs is 1. The van der Waals surface area contributed by atoms with Crippen LogP contribution in [0.5, 0.6) is 0 Å². The minimum absolute atomic E-state index is 0.810. The second kappa shape index (κ2) is 7.15.